The van der Waals surface area contributed by atoms with Crippen molar-refractivity contribution in [2.45, 2.75) is 17.9 Å². The van der Waals surface area contributed by atoms with Crippen molar-refractivity contribution in [2.75, 3.05) is 6.54 Å². The molecule has 23 heavy (non-hydrogen) atoms. The molecule has 2 rings (SSSR count). The summed E-state index contributed by atoms with van der Waals surface area (Å²) in [5, 5.41) is 17.9. The average molecular weight is 334 g/mol. The molecule has 0 aliphatic rings. The summed E-state index contributed by atoms with van der Waals surface area (Å²) < 4.78 is 40.2. The molecule has 0 saturated carbocycles. The fraction of sp³-hybridized carbons (Fsp3) is 0.188. The van der Waals surface area contributed by atoms with Gasteiger partial charge >= 0.3 is 0 Å². The van der Waals surface area contributed by atoms with E-state index >= 15 is 0 Å². The van der Waals surface area contributed by atoms with Crippen LogP contribution in [0.2, 0.25) is 0 Å². The van der Waals surface area contributed by atoms with Crippen molar-refractivity contribution in [1.82, 2.24) is 4.72 Å². The third-order valence-electron chi connectivity index (χ3n) is 3.29. The third kappa shape index (κ3) is 4.13. The van der Waals surface area contributed by atoms with Crippen LogP contribution in [0.15, 0.2) is 47.4 Å². The molecule has 0 unspecified atom stereocenters. The van der Waals surface area contributed by atoms with Gasteiger partial charge in [0.15, 0.2) is 0 Å². The minimum absolute atomic E-state index is 0.0522. The summed E-state index contributed by atoms with van der Waals surface area (Å²) in [5.41, 5.74) is 1.17. The second-order valence-electron chi connectivity index (χ2n) is 4.85. The molecule has 0 amide bonds. The molecule has 0 spiro atoms. The topological polar surface area (TPSA) is 90.2 Å². The van der Waals surface area contributed by atoms with Crippen molar-refractivity contribution in [2.24, 2.45) is 0 Å². The van der Waals surface area contributed by atoms with Crippen LogP contribution in [-0.4, -0.2) is 20.1 Å². The predicted octanol–water partition coefficient (Wildman–Crippen LogP) is 1.71. The average Bonchev–Trinajstić information content (AvgIpc) is 2.55. The van der Waals surface area contributed by atoms with Crippen LogP contribution in [0.3, 0.4) is 0 Å². The number of sulfonamides is 1. The monoisotopic (exact) mass is 334 g/mol. The van der Waals surface area contributed by atoms with Gasteiger partial charge in [0.1, 0.15) is 22.3 Å². The van der Waals surface area contributed by atoms with E-state index in [2.05, 4.69) is 4.72 Å². The fourth-order valence-corrected chi connectivity index (χ4v) is 3.25. The van der Waals surface area contributed by atoms with Crippen LogP contribution in [-0.2, 0) is 23.1 Å². The Bertz CT molecular complexity index is 827. The number of benzene rings is 2. The van der Waals surface area contributed by atoms with Gasteiger partial charge in [-0.05, 0) is 29.7 Å². The number of aliphatic hydroxyl groups is 1. The first-order chi connectivity index (χ1) is 11.0. The van der Waals surface area contributed by atoms with Gasteiger partial charge < -0.3 is 5.11 Å². The minimum atomic E-state index is -3.96. The minimum Gasteiger partial charge on any atom is -0.392 e. The van der Waals surface area contributed by atoms with Crippen LogP contribution >= 0.6 is 0 Å². The number of nitriles is 1. The molecule has 0 aliphatic carbocycles. The highest BCUT2D eigenvalue weighted by atomic mass is 32.2. The van der Waals surface area contributed by atoms with Gasteiger partial charge in [0.05, 0.1) is 6.61 Å². The molecule has 120 valence electrons. The van der Waals surface area contributed by atoms with E-state index in [1.54, 1.807) is 30.3 Å². The fourth-order valence-electron chi connectivity index (χ4n) is 2.06. The molecular formula is C16H15FN2O3S. The Morgan fingerprint density at radius 1 is 1.13 bits per heavy atom. The summed E-state index contributed by atoms with van der Waals surface area (Å²) >= 11 is 0. The SMILES string of the molecule is N#Cc1c(F)cccc1S(=O)(=O)NCCc1ccc(CO)cc1. The van der Waals surface area contributed by atoms with Crippen molar-refractivity contribution >= 4 is 10.0 Å². The van der Waals surface area contributed by atoms with Crippen molar-refractivity contribution in [1.29, 1.82) is 5.26 Å². The predicted molar refractivity (Wildman–Crippen MR) is 82.4 cm³/mol. The van der Waals surface area contributed by atoms with Gasteiger partial charge in [0.25, 0.3) is 0 Å². The van der Waals surface area contributed by atoms with E-state index in [9.17, 15) is 12.8 Å². The zero-order valence-electron chi connectivity index (χ0n) is 12.2. The second kappa shape index (κ2) is 7.33. The van der Waals surface area contributed by atoms with E-state index in [0.717, 1.165) is 17.2 Å². The molecule has 2 aromatic rings. The van der Waals surface area contributed by atoms with Crippen LogP contribution in [0, 0.1) is 17.1 Å². The molecule has 0 saturated heterocycles. The van der Waals surface area contributed by atoms with Crippen molar-refractivity contribution < 1.29 is 17.9 Å². The standard InChI is InChI=1S/C16H15FN2O3S/c17-15-2-1-3-16(14(15)10-18)23(21,22)19-9-8-12-4-6-13(11-20)7-5-12/h1-7,19-20H,8-9,11H2. The van der Waals surface area contributed by atoms with Gasteiger partial charge in [-0.25, -0.2) is 17.5 Å². The lowest BCUT2D eigenvalue weighted by atomic mass is 10.1. The van der Waals surface area contributed by atoms with Crippen molar-refractivity contribution in [3.63, 3.8) is 0 Å². The maximum Gasteiger partial charge on any atom is 0.242 e. The van der Waals surface area contributed by atoms with Gasteiger partial charge in [-0.15, -0.1) is 0 Å². The van der Waals surface area contributed by atoms with Crippen LogP contribution in [0.5, 0.6) is 0 Å². The maximum absolute atomic E-state index is 13.5. The number of rotatable bonds is 6. The Labute approximate surface area is 134 Å². The summed E-state index contributed by atoms with van der Waals surface area (Å²) in [6.07, 6.45) is 0.433. The number of hydrogen-bond acceptors (Lipinski definition) is 4. The Kier molecular flexibility index (Phi) is 5.45. The molecule has 5 nitrogen and oxygen atoms in total. The summed E-state index contributed by atoms with van der Waals surface area (Å²) in [6, 6.07) is 12.2. The Hall–Kier alpha value is -2.27. The maximum atomic E-state index is 13.5. The zero-order chi connectivity index (χ0) is 16.9. The Morgan fingerprint density at radius 3 is 2.39 bits per heavy atom. The summed E-state index contributed by atoms with van der Waals surface area (Å²) in [6.45, 7) is 0.0611. The molecule has 0 atom stereocenters. The molecule has 0 bridgehead atoms. The van der Waals surface area contributed by atoms with Gasteiger partial charge in [0.2, 0.25) is 10.0 Å². The van der Waals surface area contributed by atoms with Gasteiger partial charge in [-0.3, -0.25) is 0 Å². The van der Waals surface area contributed by atoms with Crippen LogP contribution in [0.1, 0.15) is 16.7 Å². The smallest absolute Gasteiger partial charge is 0.242 e. The van der Waals surface area contributed by atoms with E-state index in [1.165, 1.54) is 12.1 Å². The molecule has 2 N–H and O–H groups in total. The molecule has 0 aromatic heterocycles. The van der Waals surface area contributed by atoms with Gasteiger partial charge in [0, 0.05) is 6.54 Å². The van der Waals surface area contributed by atoms with Crippen LogP contribution in [0.4, 0.5) is 4.39 Å². The van der Waals surface area contributed by atoms with Gasteiger partial charge in [-0.1, -0.05) is 30.3 Å². The summed E-state index contributed by atoms with van der Waals surface area (Å²) in [4.78, 5) is -0.365. The number of nitrogens with zero attached hydrogens (tertiary/aromatic N) is 1. The molecule has 0 aliphatic heterocycles. The Balaban J connectivity index is 2.07. The highest BCUT2D eigenvalue weighted by Gasteiger charge is 2.20. The van der Waals surface area contributed by atoms with Crippen molar-refractivity contribution in [3.8, 4) is 6.07 Å². The number of hydrogen-bond donors (Lipinski definition) is 2. The summed E-state index contributed by atoms with van der Waals surface area (Å²) in [7, 11) is -3.96. The molecular weight excluding hydrogens is 319 g/mol. The Morgan fingerprint density at radius 2 is 1.78 bits per heavy atom. The van der Waals surface area contributed by atoms with E-state index in [0.29, 0.717) is 6.42 Å². The van der Waals surface area contributed by atoms with E-state index in [1.807, 2.05) is 0 Å². The molecule has 0 heterocycles. The van der Waals surface area contributed by atoms with Crippen LogP contribution < -0.4 is 4.72 Å². The van der Waals surface area contributed by atoms with Crippen molar-refractivity contribution in [3.05, 3.63) is 65.0 Å². The highest BCUT2D eigenvalue weighted by Crippen LogP contribution is 2.17. The number of nitrogens with one attached hydrogen (secondary N) is 1. The van der Waals surface area contributed by atoms with Gasteiger partial charge in [-0.2, -0.15) is 5.26 Å². The quantitative estimate of drug-likeness (QED) is 0.841. The summed E-state index contributed by atoms with van der Waals surface area (Å²) in [5.74, 6) is -0.866. The molecule has 2 aromatic carbocycles. The first kappa shape index (κ1) is 17.1. The first-order valence-corrected chi connectivity index (χ1v) is 8.33. The number of aliphatic hydroxyl groups excluding tert-OH is 1. The molecule has 0 radical (unpaired) electrons. The lowest BCUT2D eigenvalue weighted by molar-refractivity contribution is 0.282. The van der Waals surface area contributed by atoms with E-state index in [-0.39, 0.29) is 18.0 Å². The lowest BCUT2D eigenvalue weighted by Crippen LogP contribution is -2.27. The largest absolute Gasteiger partial charge is 0.392 e. The van der Waals surface area contributed by atoms with E-state index in [4.69, 9.17) is 10.4 Å². The normalized spacial score (nSPS) is 11.2. The molecule has 7 heteroatoms. The third-order valence-corrected chi connectivity index (χ3v) is 4.79. The lowest BCUT2D eigenvalue weighted by Gasteiger charge is -2.09. The number of halogens is 1. The first-order valence-electron chi connectivity index (χ1n) is 6.85. The second-order valence-corrected chi connectivity index (χ2v) is 6.58. The highest BCUT2D eigenvalue weighted by molar-refractivity contribution is 7.89. The van der Waals surface area contributed by atoms with E-state index < -0.39 is 21.4 Å². The van der Waals surface area contributed by atoms with Crippen LogP contribution in [0.25, 0.3) is 0 Å². The molecule has 0 fully saturated rings. The zero-order valence-corrected chi connectivity index (χ0v) is 13.0.